The number of anilines is 3. The summed E-state index contributed by atoms with van der Waals surface area (Å²) in [6, 6.07) is 7.10. The van der Waals surface area contributed by atoms with Crippen molar-refractivity contribution in [3.63, 3.8) is 0 Å². The van der Waals surface area contributed by atoms with Crippen molar-refractivity contribution < 1.29 is 17.6 Å². The molecule has 12 nitrogen and oxygen atoms in total. The molecular weight excluding hydrogens is 736 g/mol. The van der Waals surface area contributed by atoms with E-state index in [1.807, 2.05) is 38.2 Å². The van der Waals surface area contributed by atoms with Gasteiger partial charge in [-0.15, -0.1) is 0 Å². The zero-order valence-electron chi connectivity index (χ0n) is 33.2. The molecule has 55 heavy (non-hydrogen) atoms. The second-order valence-electron chi connectivity index (χ2n) is 16.8. The Balaban J connectivity index is 0.000000216. The maximum atomic E-state index is 13.4. The molecule has 0 spiro atoms. The van der Waals surface area contributed by atoms with Crippen molar-refractivity contribution in [1.29, 1.82) is 0 Å². The highest BCUT2D eigenvalue weighted by atomic mass is 35.5. The Morgan fingerprint density at radius 3 is 1.47 bits per heavy atom. The van der Waals surface area contributed by atoms with Gasteiger partial charge in [0.1, 0.15) is 22.6 Å². The lowest BCUT2D eigenvalue weighted by atomic mass is 9.92. The van der Waals surface area contributed by atoms with Crippen molar-refractivity contribution in [2.45, 2.75) is 131 Å². The SMILES string of the molecule is CC(C)(C)CN.Cc1ccn(-c2nc(Cl)cc(NC3CCC(F)(F)CC3)n2)n1.Cc1ccn(-c2nc(NCC(C)(C)C)cc(NC3CCC(F)(F)CC3)n2)n1. The van der Waals surface area contributed by atoms with Gasteiger partial charge in [-0.25, -0.2) is 26.9 Å². The molecule has 2 fully saturated rings. The molecule has 2 aliphatic carbocycles. The number of aryl methyl sites for hydroxylation is 2. The molecule has 0 radical (unpaired) electrons. The largest absolute Gasteiger partial charge is 0.369 e. The van der Waals surface area contributed by atoms with Crippen molar-refractivity contribution in [2.75, 3.05) is 29.0 Å². The van der Waals surface area contributed by atoms with E-state index in [1.165, 1.54) is 4.68 Å². The summed E-state index contributed by atoms with van der Waals surface area (Å²) in [6.45, 7) is 18.1. The number of hydrogen-bond donors (Lipinski definition) is 4. The average Bonchev–Trinajstić information content (AvgIpc) is 3.73. The van der Waals surface area contributed by atoms with Gasteiger partial charge in [0.25, 0.3) is 11.9 Å². The smallest absolute Gasteiger partial charge is 0.254 e. The number of nitrogens with one attached hydrogen (secondary N) is 3. The van der Waals surface area contributed by atoms with Crippen LogP contribution in [0.5, 0.6) is 0 Å². The van der Waals surface area contributed by atoms with Crippen LogP contribution in [0.2, 0.25) is 5.15 Å². The summed E-state index contributed by atoms with van der Waals surface area (Å²) in [4.78, 5) is 17.6. The molecule has 4 aromatic heterocycles. The minimum atomic E-state index is -2.54. The minimum Gasteiger partial charge on any atom is -0.369 e. The quantitative estimate of drug-likeness (QED) is 0.101. The first-order chi connectivity index (χ1) is 25.6. The number of rotatable bonds is 8. The van der Waals surface area contributed by atoms with Crippen LogP contribution in [0.3, 0.4) is 0 Å². The van der Waals surface area contributed by atoms with E-state index in [1.54, 1.807) is 16.9 Å². The number of aromatic nitrogens is 8. The third-order valence-electron chi connectivity index (χ3n) is 8.80. The van der Waals surface area contributed by atoms with E-state index in [9.17, 15) is 17.6 Å². The predicted molar refractivity (Wildman–Crippen MR) is 211 cm³/mol. The number of nitrogens with two attached hydrogens (primary N) is 1. The second kappa shape index (κ2) is 18.3. The van der Waals surface area contributed by atoms with Crippen molar-refractivity contribution in [3.05, 3.63) is 53.2 Å². The van der Waals surface area contributed by atoms with Gasteiger partial charge in [0.15, 0.2) is 0 Å². The minimum absolute atomic E-state index is 0.0119. The molecule has 6 rings (SSSR count). The lowest BCUT2D eigenvalue weighted by Gasteiger charge is -2.29. The Morgan fingerprint density at radius 1 is 0.691 bits per heavy atom. The van der Waals surface area contributed by atoms with Crippen LogP contribution in [-0.4, -0.2) is 76.5 Å². The second-order valence-corrected chi connectivity index (χ2v) is 17.2. The first-order valence-corrected chi connectivity index (χ1v) is 19.2. The fourth-order valence-electron chi connectivity index (χ4n) is 5.48. The summed E-state index contributed by atoms with van der Waals surface area (Å²) < 4.78 is 56.3. The molecule has 0 aliphatic heterocycles. The molecule has 0 atom stereocenters. The lowest BCUT2D eigenvalue weighted by Crippen LogP contribution is -2.32. The van der Waals surface area contributed by atoms with Crippen LogP contribution in [0.15, 0.2) is 36.7 Å². The maximum absolute atomic E-state index is 13.4. The van der Waals surface area contributed by atoms with Crippen molar-refractivity contribution >= 4 is 29.1 Å². The first-order valence-electron chi connectivity index (χ1n) is 18.8. The Bertz CT molecular complexity index is 1800. The molecule has 0 aromatic carbocycles. The molecular formula is C38H57ClF4N12. The van der Waals surface area contributed by atoms with Gasteiger partial charge in [-0.2, -0.15) is 30.1 Å². The lowest BCUT2D eigenvalue weighted by molar-refractivity contribution is -0.0366. The summed E-state index contributed by atoms with van der Waals surface area (Å²) in [6.07, 6.45) is 4.84. The van der Waals surface area contributed by atoms with Crippen LogP contribution >= 0.6 is 11.6 Å². The molecule has 0 bridgehead atoms. The fourth-order valence-corrected chi connectivity index (χ4v) is 5.66. The van der Waals surface area contributed by atoms with Gasteiger partial charge in [0, 0.05) is 68.8 Å². The van der Waals surface area contributed by atoms with E-state index in [0.29, 0.717) is 60.4 Å². The Kier molecular flexibility index (Phi) is 14.5. The van der Waals surface area contributed by atoms with Crippen LogP contribution in [-0.2, 0) is 0 Å². The molecule has 4 heterocycles. The summed E-state index contributed by atoms with van der Waals surface area (Å²) >= 11 is 6.02. The van der Waals surface area contributed by atoms with E-state index in [2.05, 4.69) is 87.6 Å². The highest BCUT2D eigenvalue weighted by Crippen LogP contribution is 2.35. The number of halogens is 5. The fraction of sp³-hybridized carbons (Fsp3) is 0.632. The van der Waals surface area contributed by atoms with Gasteiger partial charge in [-0.05, 0) is 69.0 Å². The van der Waals surface area contributed by atoms with E-state index < -0.39 is 11.8 Å². The third-order valence-corrected chi connectivity index (χ3v) is 9.00. The molecule has 0 amide bonds. The zero-order chi connectivity index (χ0) is 40.6. The van der Waals surface area contributed by atoms with Crippen molar-refractivity contribution in [3.8, 4) is 11.9 Å². The molecule has 0 unspecified atom stereocenters. The monoisotopic (exact) mass is 792 g/mol. The van der Waals surface area contributed by atoms with Crippen LogP contribution in [0, 0.1) is 24.7 Å². The zero-order valence-corrected chi connectivity index (χ0v) is 34.0. The Hall–Kier alpha value is -4.05. The topological polar surface area (TPSA) is 149 Å². The van der Waals surface area contributed by atoms with Crippen molar-refractivity contribution in [1.82, 2.24) is 39.5 Å². The summed E-state index contributed by atoms with van der Waals surface area (Å²) in [7, 11) is 0. The van der Waals surface area contributed by atoms with E-state index in [-0.39, 0.29) is 48.3 Å². The number of alkyl halides is 4. The Labute approximate surface area is 326 Å². The van der Waals surface area contributed by atoms with Gasteiger partial charge in [-0.1, -0.05) is 53.1 Å². The van der Waals surface area contributed by atoms with Gasteiger partial charge >= 0.3 is 0 Å². The summed E-state index contributed by atoms with van der Waals surface area (Å²) in [5.74, 6) is -2.44. The Morgan fingerprint density at radius 2 is 1.09 bits per heavy atom. The highest BCUT2D eigenvalue weighted by Gasteiger charge is 2.36. The highest BCUT2D eigenvalue weighted by molar-refractivity contribution is 6.29. The standard InChI is InChI=1S/C19H28F2N6.C14H16ClF2N5.C5H13N/c1-13-7-10-27(26-13)17-24-15(22-12-18(2,3)4)11-16(25-17)23-14-5-8-19(20,21)9-6-14;1-9-4-7-22(21-9)13-19-11(15)8-12(20-13)18-10-2-5-14(16,17)6-3-10;1-5(2,3)4-6/h7,10-11,14H,5-6,8-9,12H2,1-4H3,(H2,22,23,24,25);4,7-8,10H,2-3,5-6H2,1H3,(H,18,19,20);4,6H2,1-3H3. The average molecular weight is 793 g/mol. The molecule has 5 N–H and O–H groups in total. The molecule has 0 saturated heterocycles. The molecule has 304 valence electrons. The molecule has 2 aliphatic rings. The van der Waals surface area contributed by atoms with Gasteiger partial charge < -0.3 is 21.7 Å². The van der Waals surface area contributed by atoms with E-state index >= 15 is 0 Å². The molecule has 2 saturated carbocycles. The molecule has 17 heteroatoms. The first kappa shape index (κ1) is 43.7. The third kappa shape index (κ3) is 15.2. The van der Waals surface area contributed by atoms with E-state index in [0.717, 1.165) is 24.5 Å². The maximum Gasteiger partial charge on any atom is 0.254 e. The van der Waals surface area contributed by atoms with Gasteiger partial charge in [-0.3, -0.25) is 0 Å². The summed E-state index contributed by atoms with van der Waals surface area (Å²) in [5, 5.41) is 18.7. The van der Waals surface area contributed by atoms with Crippen LogP contribution in [0.1, 0.15) is 104 Å². The summed E-state index contributed by atoms with van der Waals surface area (Å²) in [5.41, 5.74) is 7.43. The predicted octanol–water partition coefficient (Wildman–Crippen LogP) is 9.02. The van der Waals surface area contributed by atoms with Crippen LogP contribution < -0.4 is 21.7 Å². The van der Waals surface area contributed by atoms with Crippen LogP contribution in [0.25, 0.3) is 11.9 Å². The van der Waals surface area contributed by atoms with Crippen LogP contribution in [0.4, 0.5) is 35.0 Å². The van der Waals surface area contributed by atoms with E-state index in [4.69, 9.17) is 17.3 Å². The van der Waals surface area contributed by atoms with Crippen molar-refractivity contribution in [2.24, 2.45) is 16.6 Å². The normalized spacial score (nSPS) is 17.3. The number of nitrogens with zero attached hydrogens (tertiary/aromatic N) is 8. The van der Waals surface area contributed by atoms with Gasteiger partial charge in [0.2, 0.25) is 11.8 Å². The number of hydrogen-bond acceptors (Lipinski definition) is 10. The molecule has 4 aromatic rings. The van der Waals surface area contributed by atoms with Gasteiger partial charge in [0.05, 0.1) is 11.4 Å².